The van der Waals surface area contributed by atoms with E-state index in [9.17, 15) is 5.11 Å². The van der Waals surface area contributed by atoms with Gasteiger partial charge in [0.05, 0.1) is 31.4 Å². The fourth-order valence-corrected chi connectivity index (χ4v) is 5.40. The maximum Gasteiger partial charge on any atom is 0.232 e. The number of imidazole rings is 1. The second kappa shape index (κ2) is 8.60. The van der Waals surface area contributed by atoms with Crippen molar-refractivity contribution in [3.05, 3.63) is 119 Å². The molecule has 0 amide bonds. The van der Waals surface area contributed by atoms with Crippen molar-refractivity contribution in [1.29, 1.82) is 0 Å². The van der Waals surface area contributed by atoms with Crippen LogP contribution in [0.2, 0.25) is 0 Å². The second-order valence-electron chi connectivity index (χ2n) is 9.52. The molecule has 3 heterocycles. The fourth-order valence-electron chi connectivity index (χ4n) is 5.40. The number of ether oxygens (including phenoxy) is 1. The van der Waals surface area contributed by atoms with E-state index < -0.39 is 5.60 Å². The van der Waals surface area contributed by atoms with Crippen LogP contribution in [0.15, 0.2) is 85.6 Å². The van der Waals surface area contributed by atoms with Crippen LogP contribution in [0.3, 0.4) is 0 Å². The molecule has 1 N–H and O–H groups in total. The van der Waals surface area contributed by atoms with E-state index in [0.717, 1.165) is 39.6 Å². The van der Waals surface area contributed by atoms with Gasteiger partial charge >= 0.3 is 0 Å². The van der Waals surface area contributed by atoms with Gasteiger partial charge in [-0.05, 0) is 47.9 Å². The summed E-state index contributed by atoms with van der Waals surface area (Å²) in [6.07, 6.45) is 5.19. The Hall–Kier alpha value is -4.43. The molecule has 186 valence electrons. The minimum Gasteiger partial charge on any atom is -0.497 e. The van der Waals surface area contributed by atoms with Crippen molar-refractivity contribution >= 4 is 11.6 Å². The van der Waals surface area contributed by atoms with E-state index in [1.807, 2.05) is 53.9 Å². The molecule has 0 fully saturated rings. The molecule has 0 aliphatic carbocycles. The van der Waals surface area contributed by atoms with Gasteiger partial charge in [0.1, 0.15) is 12.1 Å². The topological polar surface area (TPSA) is 81.2 Å². The first-order valence-corrected chi connectivity index (χ1v) is 12.1. The Morgan fingerprint density at radius 2 is 1.73 bits per heavy atom. The average Bonchev–Trinajstić information content (AvgIpc) is 3.58. The van der Waals surface area contributed by atoms with Crippen LogP contribution in [0.25, 0.3) is 0 Å². The third-order valence-electron chi connectivity index (χ3n) is 7.29. The van der Waals surface area contributed by atoms with Crippen molar-refractivity contribution < 1.29 is 9.84 Å². The highest BCUT2D eigenvalue weighted by molar-refractivity contribution is 5.69. The number of aryl methyl sites for hydroxylation is 2. The van der Waals surface area contributed by atoms with Crippen LogP contribution in [0, 0.1) is 6.92 Å². The smallest absolute Gasteiger partial charge is 0.232 e. The summed E-state index contributed by atoms with van der Waals surface area (Å²) in [5, 5.41) is 21.1. The van der Waals surface area contributed by atoms with E-state index in [1.54, 1.807) is 26.0 Å². The lowest BCUT2D eigenvalue weighted by Crippen LogP contribution is -2.33. The Bertz CT molecular complexity index is 1590. The summed E-state index contributed by atoms with van der Waals surface area (Å²) in [5.41, 5.74) is 5.04. The number of fused-ring (bicyclic) bond motifs is 2. The molecule has 1 aliphatic heterocycles. The number of anilines is 2. The molecule has 0 saturated carbocycles. The van der Waals surface area contributed by atoms with Crippen LogP contribution in [0.5, 0.6) is 5.75 Å². The standard InChI is InChI=1S/C29H28N6O2/c1-19-6-5-7-20(14-19)27-24-15-22(10-13-25(24)34(3)28-32-31-18-35(27)28)29(36,26-16-30-17-33(26)2)21-8-11-23(37-4)12-9-21/h5-18,27,36H,1-4H3. The highest BCUT2D eigenvalue weighted by Crippen LogP contribution is 2.45. The zero-order chi connectivity index (χ0) is 25.7. The fraction of sp³-hybridized carbons (Fsp3) is 0.207. The van der Waals surface area contributed by atoms with Gasteiger partial charge in [-0.2, -0.15) is 0 Å². The van der Waals surface area contributed by atoms with Gasteiger partial charge in [-0.3, -0.25) is 4.57 Å². The van der Waals surface area contributed by atoms with Gasteiger partial charge in [0.2, 0.25) is 5.95 Å². The van der Waals surface area contributed by atoms with Gasteiger partial charge in [0.25, 0.3) is 0 Å². The maximum absolute atomic E-state index is 12.5. The minimum absolute atomic E-state index is 0.150. The van der Waals surface area contributed by atoms with E-state index in [2.05, 4.69) is 63.1 Å². The first-order valence-electron chi connectivity index (χ1n) is 12.1. The molecule has 6 rings (SSSR count). The minimum atomic E-state index is -1.45. The zero-order valence-corrected chi connectivity index (χ0v) is 21.2. The van der Waals surface area contributed by atoms with E-state index >= 15 is 0 Å². The molecule has 8 nitrogen and oxygen atoms in total. The number of hydrogen-bond donors (Lipinski definition) is 1. The second-order valence-corrected chi connectivity index (χ2v) is 9.52. The van der Waals surface area contributed by atoms with Crippen molar-refractivity contribution in [2.24, 2.45) is 7.05 Å². The van der Waals surface area contributed by atoms with E-state index in [-0.39, 0.29) is 6.04 Å². The van der Waals surface area contributed by atoms with Crippen LogP contribution in [-0.2, 0) is 12.6 Å². The number of hydrogen-bond acceptors (Lipinski definition) is 6. The Kier molecular flexibility index (Phi) is 5.35. The molecule has 37 heavy (non-hydrogen) atoms. The van der Waals surface area contributed by atoms with Gasteiger partial charge in [-0.1, -0.05) is 48.0 Å². The zero-order valence-electron chi connectivity index (χ0n) is 21.2. The molecular weight excluding hydrogens is 464 g/mol. The lowest BCUT2D eigenvalue weighted by molar-refractivity contribution is 0.117. The molecular formula is C29H28N6O2. The molecule has 2 atom stereocenters. The first-order chi connectivity index (χ1) is 17.9. The Morgan fingerprint density at radius 1 is 0.946 bits per heavy atom. The number of aliphatic hydroxyl groups is 1. The van der Waals surface area contributed by atoms with Crippen LogP contribution in [-0.4, -0.2) is 43.6 Å². The molecule has 0 spiro atoms. The van der Waals surface area contributed by atoms with Gasteiger partial charge in [-0.15, -0.1) is 10.2 Å². The Labute approximate surface area is 215 Å². The third-order valence-corrected chi connectivity index (χ3v) is 7.29. The van der Waals surface area contributed by atoms with E-state index in [0.29, 0.717) is 5.69 Å². The van der Waals surface area contributed by atoms with Gasteiger partial charge in [0.15, 0.2) is 5.60 Å². The number of benzene rings is 3. The van der Waals surface area contributed by atoms with Crippen molar-refractivity contribution in [3.8, 4) is 5.75 Å². The van der Waals surface area contributed by atoms with Crippen molar-refractivity contribution in [3.63, 3.8) is 0 Å². The van der Waals surface area contributed by atoms with Gasteiger partial charge in [0, 0.05) is 25.3 Å². The first kappa shape index (κ1) is 23.0. The Balaban J connectivity index is 1.59. The summed E-state index contributed by atoms with van der Waals surface area (Å²) >= 11 is 0. The highest BCUT2D eigenvalue weighted by atomic mass is 16.5. The highest BCUT2D eigenvalue weighted by Gasteiger charge is 2.39. The number of rotatable bonds is 5. The summed E-state index contributed by atoms with van der Waals surface area (Å²) in [5.74, 6) is 1.49. The predicted octanol–water partition coefficient (Wildman–Crippen LogP) is 4.33. The summed E-state index contributed by atoms with van der Waals surface area (Å²) in [6, 6.07) is 22.0. The summed E-state index contributed by atoms with van der Waals surface area (Å²) in [7, 11) is 5.51. The summed E-state index contributed by atoms with van der Waals surface area (Å²) < 4.78 is 9.30. The number of methoxy groups -OCH3 is 1. The molecule has 0 radical (unpaired) electrons. The van der Waals surface area contributed by atoms with Crippen LogP contribution < -0.4 is 9.64 Å². The SMILES string of the molecule is COc1ccc(C(O)(c2ccc3c(c2)C(c2cccc(C)c2)n2cnnc2N3C)c2cncn2C)cc1. The normalized spacial score (nSPS) is 16.1. The van der Waals surface area contributed by atoms with Crippen LogP contribution >= 0.6 is 0 Å². The van der Waals surface area contributed by atoms with Crippen molar-refractivity contribution in [2.75, 3.05) is 19.1 Å². The largest absolute Gasteiger partial charge is 0.497 e. The maximum atomic E-state index is 12.5. The molecule has 2 aromatic heterocycles. The molecule has 0 bridgehead atoms. The number of aromatic nitrogens is 5. The van der Waals surface area contributed by atoms with Gasteiger partial charge < -0.3 is 19.3 Å². The molecule has 0 saturated heterocycles. The quantitative estimate of drug-likeness (QED) is 0.393. The van der Waals surface area contributed by atoms with Gasteiger partial charge in [-0.25, -0.2) is 4.98 Å². The Morgan fingerprint density at radius 3 is 2.43 bits per heavy atom. The molecule has 1 aliphatic rings. The van der Waals surface area contributed by atoms with E-state index in [4.69, 9.17) is 4.74 Å². The lowest BCUT2D eigenvalue weighted by atomic mass is 9.81. The molecule has 2 unspecified atom stereocenters. The molecule has 8 heteroatoms. The summed E-state index contributed by atoms with van der Waals surface area (Å²) in [6.45, 7) is 2.09. The number of nitrogens with zero attached hydrogens (tertiary/aromatic N) is 6. The monoisotopic (exact) mass is 492 g/mol. The van der Waals surface area contributed by atoms with Crippen LogP contribution in [0.4, 0.5) is 11.6 Å². The third kappa shape index (κ3) is 3.52. The summed E-state index contributed by atoms with van der Waals surface area (Å²) in [4.78, 5) is 6.35. The average molecular weight is 493 g/mol. The van der Waals surface area contributed by atoms with Crippen molar-refractivity contribution in [1.82, 2.24) is 24.3 Å². The predicted molar refractivity (Wildman–Crippen MR) is 141 cm³/mol. The lowest BCUT2D eigenvalue weighted by Gasteiger charge is -2.36. The molecule has 3 aromatic carbocycles. The van der Waals surface area contributed by atoms with E-state index in [1.165, 1.54) is 5.56 Å². The van der Waals surface area contributed by atoms with Crippen molar-refractivity contribution in [2.45, 2.75) is 18.6 Å². The molecule has 5 aromatic rings. The van der Waals surface area contributed by atoms with Crippen LogP contribution in [0.1, 0.15) is 39.6 Å².